The summed E-state index contributed by atoms with van der Waals surface area (Å²) < 4.78 is 10.7. The highest BCUT2D eigenvalue weighted by Gasteiger charge is 2.38. The van der Waals surface area contributed by atoms with Crippen LogP contribution in [0.1, 0.15) is 25.1 Å². The molecule has 2 unspecified atom stereocenters. The maximum absolute atomic E-state index is 5.73. The highest BCUT2D eigenvalue weighted by molar-refractivity contribution is 5.68. The first-order valence-corrected chi connectivity index (χ1v) is 11.7. The zero-order valence-electron chi connectivity index (χ0n) is 19.0. The second-order valence-corrected chi connectivity index (χ2v) is 9.28. The molecule has 2 heterocycles. The molecule has 33 heavy (non-hydrogen) atoms. The average molecular weight is 501 g/mol. The molecule has 3 nitrogen and oxygen atoms in total. The smallest absolute Gasteiger partial charge is 0.262 e. The Hall–Kier alpha value is -2.85. The van der Waals surface area contributed by atoms with Crippen LogP contribution in [0, 0.1) is 11.8 Å². The van der Waals surface area contributed by atoms with Crippen molar-refractivity contribution in [2.75, 3.05) is 7.11 Å². The van der Waals surface area contributed by atoms with Crippen LogP contribution < -0.4 is 26.3 Å². The molecule has 1 aromatic heterocycles. The second-order valence-electron chi connectivity index (χ2n) is 9.28. The van der Waals surface area contributed by atoms with Gasteiger partial charge in [0.1, 0.15) is 6.20 Å². The van der Waals surface area contributed by atoms with Crippen LogP contribution in [0.5, 0.6) is 5.75 Å². The van der Waals surface area contributed by atoms with E-state index in [-0.39, 0.29) is 17.0 Å². The molecule has 0 radical (unpaired) electrons. The van der Waals surface area contributed by atoms with Gasteiger partial charge < -0.3 is 21.7 Å². The van der Waals surface area contributed by atoms with Gasteiger partial charge in [0.2, 0.25) is 0 Å². The fraction of sp³-hybridized carbons (Fsp3) is 0.276. The number of aromatic nitrogens is 2. The fourth-order valence-corrected chi connectivity index (χ4v) is 5.73. The summed E-state index contributed by atoms with van der Waals surface area (Å²) in [6.45, 7) is 1.11. The van der Waals surface area contributed by atoms with Crippen molar-refractivity contribution in [3.8, 4) is 33.8 Å². The number of rotatable bonds is 4. The lowest BCUT2D eigenvalue weighted by atomic mass is 10.0. The van der Waals surface area contributed by atoms with Crippen molar-refractivity contribution in [1.82, 2.24) is 4.57 Å². The predicted octanol–water partition coefficient (Wildman–Crippen LogP) is 3.08. The van der Waals surface area contributed by atoms with Crippen LogP contribution in [-0.4, -0.2) is 11.7 Å². The molecule has 1 aliphatic carbocycles. The van der Waals surface area contributed by atoms with Gasteiger partial charge in [0.15, 0.2) is 17.1 Å². The minimum absolute atomic E-state index is 0. The number of nitrogens with zero attached hydrogens (tertiary/aromatic N) is 2. The fourth-order valence-electron chi connectivity index (χ4n) is 5.73. The van der Waals surface area contributed by atoms with Gasteiger partial charge in [-0.15, -0.1) is 0 Å². The van der Waals surface area contributed by atoms with E-state index in [4.69, 9.17) is 4.74 Å². The van der Waals surface area contributed by atoms with Crippen molar-refractivity contribution >= 4 is 0 Å². The van der Waals surface area contributed by atoms with Crippen molar-refractivity contribution in [2.24, 2.45) is 11.8 Å². The summed E-state index contributed by atoms with van der Waals surface area (Å²) in [5.41, 5.74) is 6.22. The standard InChI is InChI=1S/C29H29N2O.BrH/c1-32-28-10-6-5-9-26(28)31-20-27(30-19-22-12-11-21(17-22)18-29(30)31)25-15-13-24(14-16-25)23-7-3-2-4-8-23;/h2-10,13-16,20-22H,11-12,17-19H2,1H3;1H/q+1;/p-1. The second kappa shape index (κ2) is 9.18. The lowest BCUT2D eigenvalue weighted by molar-refractivity contribution is -0.604. The zero-order valence-corrected chi connectivity index (χ0v) is 20.5. The Morgan fingerprint density at radius 3 is 2.24 bits per heavy atom. The highest BCUT2D eigenvalue weighted by atomic mass is 79.9. The van der Waals surface area contributed by atoms with E-state index in [9.17, 15) is 0 Å². The van der Waals surface area contributed by atoms with Crippen LogP contribution in [0.4, 0.5) is 0 Å². The van der Waals surface area contributed by atoms with Gasteiger partial charge in [-0.2, -0.15) is 4.57 Å². The maximum atomic E-state index is 5.73. The Morgan fingerprint density at radius 1 is 0.788 bits per heavy atom. The molecule has 1 fully saturated rings. The number of fused-ring (bicyclic) bond motifs is 3. The van der Waals surface area contributed by atoms with Crippen LogP contribution in [0.3, 0.4) is 0 Å². The van der Waals surface area contributed by atoms with Crippen molar-refractivity contribution in [3.63, 3.8) is 0 Å². The monoisotopic (exact) mass is 500 g/mol. The molecular weight excluding hydrogens is 472 g/mol. The van der Waals surface area contributed by atoms with Crippen molar-refractivity contribution < 1.29 is 26.3 Å². The minimum atomic E-state index is 0. The lowest BCUT2D eigenvalue weighted by Crippen LogP contribution is -3.00. The Balaban J connectivity index is 0.00000228. The van der Waals surface area contributed by atoms with Gasteiger partial charge in [-0.1, -0.05) is 54.6 Å². The quantitative estimate of drug-likeness (QED) is 0.393. The largest absolute Gasteiger partial charge is 1.00 e. The third kappa shape index (κ3) is 4.02. The molecule has 2 aliphatic rings. The molecule has 1 aliphatic heterocycles. The highest BCUT2D eigenvalue weighted by Crippen LogP contribution is 2.39. The van der Waals surface area contributed by atoms with Crippen LogP contribution in [-0.2, 0) is 13.0 Å². The maximum Gasteiger partial charge on any atom is 0.262 e. The molecule has 1 saturated carbocycles. The number of hydrogen-bond donors (Lipinski definition) is 0. The molecule has 0 spiro atoms. The van der Waals surface area contributed by atoms with E-state index in [1.54, 1.807) is 7.11 Å². The molecule has 0 saturated heterocycles. The summed E-state index contributed by atoms with van der Waals surface area (Å²) >= 11 is 0. The third-order valence-corrected chi connectivity index (χ3v) is 7.33. The molecule has 0 amide bonds. The van der Waals surface area contributed by atoms with E-state index in [0.29, 0.717) is 0 Å². The molecule has 0 N–H and O–H groups in total. The van der Waals surface area contributed by atoms with Crippen molar-refractivity contribution in [2.45, 2.75) is 32.2 Å². The number of ether oxygens (including phenoxy) is 1. The summed E-state index contributed by atoms with van der Waals surface area (Å²) in [5.74, 6) is 3.92. The van der Waals surface area contributed by atoms with Crippen LogP contribution >= 0.6 is 0 Å². The molecule has 6 rings (SSSR count). The topological polar surface area (TPSA) is 18.0 Å². The minimum Gasteiger partial charge on any atom is -1.00 e. The molecule has 2 atom stereocenters. The van der Waals surface area contributed by atoms with Crippen LogP contribution in [0.25, 0.3) is 28.1 Å². The molecule has 168 valence electrons. The molecular formula is C29H29BrN2O. The Bertz CT molecular complexity index is 1250. The van der Waals surface area contributed by atoms with Gasteiger partial charge in [0, 0.05) is 5.56 Å². The predicted molar refractivity (Wildman–Crippen MR) is 128 cm³/mol. The Kier molecular flexibility index (Phi) is 6.11. The van der Waals surface area contributed by atoms with E-state index in [1.807, 2.05) is 6.07 Å². The van der Waals surface area contributed by atoms with Gasteiger partial charge in [0.05, 0.1) is 20.1 Å². The summed E-state index contributed by atoms with van der Waals surface area (Å²) in [5, 5.41) is 0. The first-order valence-electron chi connectivity index (χ1n) is 11.7. The summed E-state index contributed by atoms with van der Waals surface area (Å²) in [7, 11) is 1.76. The van der Waals surface area contributed by atoms with E-state index in [1.165, 1.54) is 47.5 Å². The number of hydrogen-bond acceptors (Lipinski definition) is 1. The van der Waals surface area contributed by atoms with Gasteiger partial charge in [-0.25, -0.2) is 4.57 Å². The number of benzene rings is 3. The van der Waals surface area contributed by atoms with Gasteiger partial charge in [-0.05, 0) is 66.5 Å². The third-order valence-electron chi connectivity index (χ3n) is 7.33. The Labute approximate surface area is 206 Å². The van der Waals surface area contributed by atoms with Crippen LogP contribution in [0.2, 0.25) is 0 Å². The number of para-hydroxylation sites is 2. The van der Waals surface area contributed by atoms with E-state index in [2.05, 4.69) is 88.1 Å². The van der Waals surface area contributed by atoms with Gasteiger partial charge in [-0.3, -0.25) is 0 Å². The van der Waals surface area contributed by atoms with Gasteiger partial charge >= 0.3 is 0 Å². The van der Waals surface area contributed by atoms with Crippen molar-refractivity contribution in [3.05, 3.63) is 90.9 Å². The van der Waals surface area contributed by atoms with Gasteiger partial charge in [0.25, 0.3) is 5.82 Å². The summed E-state index contributed by atoms with van der Waals surface area (Å²) in [6, 6.07) is 28.0. The average Bonchev–Trinajstić information content (AvgIpc) is 3.38. The lowest BCUT2D eigenvalue weighted by Gasteiger charge is -2.11. The first-order chi connectivity index (χ1) is 15.8. The number of imidazole rings is 1. The normalized spacial score (nSPS) is 18.8. The Morgan fingerprint density at radius 2 is 1.45 bits per heavy atom. The summed E-state index contributed by atoms with van der Waals surface area (Å²) in [6.07, 6.45) is 7.55. The molecule has 4 aromatic rings. The molecule has 4 heteroatoms. The van der Waals surface area contributed by atoms with E-state index >= 15 is 0 Å². The van der Waals surface area contributed by atoms with Crippen LogP contribution in [0.15, 0.2) is 85.1 Å². The van der Waals surface area contributed by atoms with Crippen molar-refractivity contribution in [1.29, 1.82) is 0 Å². The summed E-state index contributed by atoms with van der Waals surface area (Å²) in [4.78, 5) is 0. The molecule has 3 aromatic carbocycles. The zero-order chi connectivity index (χ0) is 21.5. The van der Waals surface area contributed by atoms with E-state index in [0.717, 1.165) is 36.2 Å². The number of methoxy groups -OCH3 is 1. The first kappa shape index (κ1) is 22.0. The molecule has 2 bridgehead atoms. The SMILES string of the molecule is COc1ccccc1-[n+]1cc(-c2ccc(-c3ccccc3)cc2)n2c1CC1CCC(C1)C2.[Br-]. The van der Waals surface area contributed by atoms with E-state index < -0.39 is 0 Å². The number of halogens is 1.